The molecular weight excluding hydrogens is 392 g/mol. The molecule has 0 aliphatic carbocycles. The second-order valence-electron chi connectivity index (χ2n) is 5.38. The van der Waals surface area contributed by atoms with E-state index in [1.54, 1.807) is 0 Å². The first-order valence-electron chi connectivity index (χ1n) is 7.26. The van der Waals surface area contributed by atoms with Crippen LogP contribution in [0.5, 0.6) is 0 Å². The van der Waals surface area contributed by atoms with Gasteiger partial charge in [-0.1, -0.05) is 35.3 Å². The number of anilines is 1. The number of likely N-dealkylation sites (N-methyl/N-ethyl adjacent to an activating group) is 1. The fraction of sp³-hybridized carbons (Fsp3) is 0.176. The highest BCUT2D eigenvalue weighted by Crippen LogP contribution is 2.34. The molecule has 0 saturated carbocycles. The molecule has 0 fully saturated rings. The van der Waals surface area contributed by atoms with E-state index in [9.17, 15) is 22.8 Å². The third-order valence-electron chi connectivity index (χ3n) is 3.39. The molecule has 138 valence electrons. The van der Waals surface area contributed by atoms with Crippen LogP contribution in [0.1, 0.15) is 15.9 Å². The first-order chi connectivity index (χ1) is 12.1. The number of hydrogen-bond donors (Lipinski definition) is 1. The number of hydrogen-bond acceptors (Lipinski definition) is 2. The van der Waals surface area contributed by atoms with Crippen molar-refractivity contribution in [1.82, 2.24) is 4.90 Å². The molecular formula is C17H13Cl2F3N2O2. The molecule has 0 aliphatic rings. The Morgan fingerprint density at radius 1 is 1.12 bits per heavy atom. The molecule has 0 heterocycles. The third kappa shape index (κ3) is 4.89. The van der Waals surface area contributed by atoms with Crippen LogP contribution >= 0.6 is 23.2 Å². The lowest BCUT2D eigenvalue weighted by Gasteiger charge is -2.19. The Balaban J connectivity index is 2.11. The van der Waals surface area contributed by atoms with Crippen molar-refractivity contribution in [2.24, 2.45) is 0 Å². The lowest BCUT2D eigenvalue weighted by atomic mass is 10.1. The van der Waals surface area contributed by atoms with Gasteiger partial charge in [0.2, 0.25) is 5.91 Å². The number of carbonyl (C=O) groups excluding carboxylic acids is 2. The van der Waals surface area contributed by atoms with Gasteiger partial charge in [-0.2, -0.15) is 13.2 Å². The summed E-state index contributed by atoms with van der Waals surface area (Å²) in [6.45, 7) is -0.464. The van der Waals surface area contributed by atoms with Gasteiger partial charge in [-0.25, -0.2) is 0 Å². The van der Waals surface area contributed by atoms with Crippen LogP contribution in [0.3, 0.4) is 0 Å². The maximum atomic E-state index is 13.0. The largest absolute Gasteiger partial charge is 0.418 e. The minimum absolute atomic E-state index is 0.0881. The molecule has 0 bridgehead atoms. The van der Waals surface area contributed by atoms with Crippen molar-refractivity contribution >= 4 is 40.7 Å². The Bertz CT molecular complexity index is 841. The van der Waals surface area contributed by atoms with Gasteiger partial charge in [-0.05, 0) is 30.3 Å². The van der Waals surface area contributed by atoms with Crippen LogP contribution in [-0.2, 0) is 11.0 Å². The van der Waals surface area contributed by atoms with Crippen LogP contribution in [-0.4, -0.2) is 30.3 Å². The monoisotopic (exact) mass is 404 g/mol. The van der Waals surface area contributed by atoms with Gasteiger partial charge in [0.05, 0.1) is 28.4 Å². The number of nitrogens with one attached hydrogen (secondary N) is 1. The molecule has 0 spiro atoms. The normalized spacial score (nSPS) is 11.2. The number of nitrogens with zero attached hydrogens (tertiary/aromatic N) is 1. The highest BCUT2D eigenvalue weighted by atomic mass is 35.5. The second kappa shape index (κ2) is 7.97. The average Bonchev–Trinajstić information content (AvgIpc) is 2.55. The van der Waals surface area contributed by atoms with Gasteiger partial charge in [0.15, 0.2) is 0 Å². The van der Waals surface area contributed by atoms with Gasteiger partial charge in [-0.15, -0.1) is 0 Å². The first kappa shape index (κ1) is 20.1. The van der Waals surface area contributed by atoms with Crippen LogP contribution in [0.25, 0.3) is 0 Å². The Labute approximate surface area is 157 Å². The zero-order valence-electron chi connectivity index (χ0n) is 13.4. The quantitative estimate of drug-likeness (QED) is 0.800. The molecule has 0 atom stereocenters. The van der Waals surface area contributed by atoms with E-state index >= 15 is 0 Å². The molecule has 0 saturated heterocycles. The summed E-state index contributed by atoms with van der Waals surface area (Å²) in [6, 6.07) is 8.86. The van der Waals surface area contributed by atoms with E-state index in [4.69, 9.17) is 23.2 Å². The lowest BCUT2D eigenvalue weighted by molar-refractivity contribution is -0.137. The molecule has 2 aromatic rings. The van der Waals surface area contributed by atoms with Crippen molar-refractivity contribution in [1.29, 1.82) is 0 Å². The summed E-state index contributed by atoms with van der Waals surface area (Å²) in [5.74, 6) is -1.37. The van der Waals surface area contributed by atoms with Crippen molar-refractivity contribution in [3.05, 3.63) is 63.6 Å². The van der Waals surface area contributed by atoms with Gasteiger partial charge in [0.1, 0.15) is 0 Å². The number of carbonyl (C=O) groups is 2. The van der Waals surface area contributed by atoms with Gasteiger partial charge in [0.25, 0.3) is 5.91 Å². The maximum absolute atomic E-state index is 13.0. The minimum atomic E-state index is -4.61. The van der Waals surface area contributed by atoms with Gasteiger partial charge >= 0.3 is 6.18 Å². The summed E-state index contributed by atoms with van der Waals surface area (Å²) in [6.07, 6.45) is -4.61. The number of rotatable bonds is 4. The fourth-order valence-corrected chi connectivity index (χ4v) is 2.55. The van der Waals surface area contributed by atoms with E-state index in [1.807, 2.05) is 0 Å². The van der Waals surface area contributed by atoms with Gasteiger partial charge in [-0.3, -0.25) is 9.59 Å². The average molecular weight is 405 g/mol. The molecule has 0 unspecified atom stereocenters. The maximum Gasteiger partial charge on any atom is 0.418 e. The summed E-state index contributed by atoms with van der Waals surface area (Å²) in [5.41, 5.74) is -1.27. The third-order valence-corrected chi connectivity index (χ3v) is 3.96. The molecule has 9 heteroatoms. The van der Waals surface area contributed by atoms with E-state index in [1.165, 1.54) is 37.4 Å². The molecule has 0 aliphatic heterocycles. The topological polar surface area (TPSA) is 49.4 Å². The highest BCUT2D eigenvalue weighted by Gasteiger charge is 2.33. The highest BCUT2D eigenvalue weighted by molar-refractivity contribution is 6.35. The van der Waals surface area contributed by atoms with E-state index in [2.05, 4.69) is 5.32 Å². The number of para-hydroxylation sites is 1. The summed E-state index contributed by atoms with van der Waals surface area (Å²) in [4.78, 5) is 25.4. The minimum Gasteiger partial charge on any atom is -0.332 e. The van der Waals surface area contributed by atoms with Crippen LogP contribution < -0.4 is 5.32 Å². The number of alkyl halides is 3. The smallest absolute Gasteiger partial charge is 0.332 e. The van der Waals surface area contributed by atoms with Crippen molar-refractivity contribution in [3.63, 3.8) is 0 Å². The van der Waals surface area contributed by atoms with Crippen LogP contribution in [0.2, 0.25) is 10.0 Å². The molecule has 2 rings (SSSR count). The van der Waals surface area contributed by atoms with Crippen LogP contribution in [0.15, 0.2) is 42.5 Å². The Hall–Kier alpha value is -2.25. The number of halogens is 5. The summed E-state index contributed by atoms with van der Waals surface area (Å²) in [7, 11) is 1.33. The first-order valence-corrected chi connectivity index (χ1v) is 8.02. The molecule has 2 amide bonds. The predicted molar refractivity (Wildman–Crippen MR) is 93.5 cm³/mol. The zero-order valence-corrected chi connectivity index (χ0v) is 14.9. The van der Waals surface area contributed by atoms with Crippen LogP contribution in [0.4, 0.5) is 18.9 Å². The van der Waals surface area contributed by atoms with Crippen LogP contribution in [0, 0.1) is 0 Å². The van der Waals surface area contributed by atoms with E-state index in [0.29, 0.717) is 0 Å². The van der Waals surface area contributed by atoms with Crippen molar-refractivity contribution in [3.8, 4) is 0 Å². The summed E-state index contributed by atoms with van der Waals surface area (Å²) < 4.78 is 38.9. The Morgan fingerprint density at radius 3 is 2.42 bits per heavy atom. The number of amides is 2. The molecule has 0 aromatic heterocycles. The summed E-state index contributed by atoms with van der Waals surface area (Å²) in [5, 5.41) is 2.60. The fourth-order valence-electron chi connectivity index (χ4n) is 2.18. The second-order valence-corrected chi connectivity index (χ2v) is 6.22. The standard InChI is InChI=1S/C17H13Cl2F3N2O2/c1-24(16(26)11-8-10(18)6-7-13(11)19)9-15(25)23-14-5-3-2-4-12(14)17(20,21)22/h2-8H,9H2,1H3,(H,23,25). The Morgan fingerprint density at radius 2 is 1.77 bits per heavy atom. The SMILES string of the molecule is CN(CC(=O)Nc1ccccc1C(F)(F)F)C(=O)c1cc(Cl)ccc1Cl. The molecule has 0 radical (unpaired) electrons. The summed E-state index contributed by atoms with van der Waals surface area (Å²) >= 11 is 11.8. The Kier molecular flexibility index (Phi) is 6.15. The predicted octanol–water partition coefficient (Wildman–Crippen LogP) is 4.72. The van der Waals surface area contributed by atoms with E-state index < -0.39 is 30.1 Å². The zero-order chi connectivity index (χ0) is 19.5. The number of benzene rings is 2. The molecule has 1 N–H and O–H groups in total. The molecule has 4 nitrogen and oxygen atoms in total. The van der Waals surface area contributed by atoms with Crippen molar-refractivity contribution in [2.75, 3.05) is 18.9 Å². The molecule has 26 heavy (non-hydrogen) atoms. The van der Waals surface area contributed by atoms with Crippen molar-refractivity contribution < 1.29 is 22.8 Å². The molecule has 2 aromatic carbocycles. The van der Waals surface area contributed by atoms with Gasteiger partial charge < -0.3 is 10.2 Å². The lowest BCUT2D eigenvalue weighted by Crippen LogP contribution is -2.35. The van der Waals surface area contributed by atoms with E-state index in [-0.39, 0.29) is 21.3 Å². The van der Waals surface area contributed by atoms with Crippen molar-refractivity contribution in [2.45, 2.75) is 6.18 Å². The van der Waals surface area contributed by atoms with Gasteiger partial charge in [0, 0.05) is 12.1 Å². The van der Waals surface area contributed by atoms with E-state index in [0.717, 1.165) is 17.0 Å².